The van der Waals surface area contributed by atoms with Crippen molar-refractivity contribution in [2.24, 2.45) is 0 Å². The minimum Gasteiger partial charge on any atom is -0.309 e. The molecule has 0 spiro atoms. The molecule has 10 aromatic rings. The van der Waals surface area contributed by atoms with Crippen molar-refractivity contribution in [1.29, 1.82) is 5.26 Å². The fraction of sp³-hybridized carbons (Fsp3) is 0.0217. The molecular formula is C46H26F3N7. The van der Waals surface area contributed by atoms with E-state index in [4.69, 9.17) is 0 Å². The normalized spacial score (nSPS) is 11.8. The third kappa shape index (κ3) is 5.21. The number of rotatable bonds is 5. The second-order valence-corrected chi connectivity index (χ2v) is 13.4. The Hall–Kier alpha value is -7.64. The summed E-state index contributed by atoms with van der Waals surface area (Å²) in [6, 6.07) is 41.7. The Morgan fingerprint density at radius 1 is 0.482 bits per heavy atom. The molecule has 266 valence electrons. The minimum atomic E-state index is -4.85. The highest BCUT2D eigenvalue weighted by Gasteiger charge is 2.40. The monoisotopic (exact) mass is 733 g/mol. The van der Waals surface area contributed by atoms with Crippen LogP contribution in [0.1, 0.15) is 11.1 Å². The molecule has 7 nitrogen and oxygen atoms in total. The number of fused-ring (bicyclic) bond motifs is 6. The molecule has 4 aromatic heterocycles. The lowest BCUT2D eigenvalue weighted by Crippen LogP contribution is -2.16. The van der Waals surface area contributed by atoms with E-state index in [1.165, 1.54) is 0 Å². The molecule has 0 amide bonds. The molecule has 0 fully saturated rings. The molecule has 0 saturated heterocycles. The van der Waals surface area contributed by atoms with Crippen molar-refractivity contribution in [3.05, 3.63) is 169 Å². The van der Waals surface area contributed by atoms with Gasteiger partial charge in [0.25, 0.3) is 0 Å². The summed E-state index contributed by atoms with van der Waals surface area (Å²) in [7, 11) is 0. The van der Waals surface area contributed by atoms with Crippen LogP contribution in [0, 0.1) is 11.3 Å². The number of benzene rings is 6. The highest BCUT2D eigenvalue weighted by molar-refractivity contribution is 6.12. The van der Waals surface area contributed by atoms with Gasteiger partial charge in [-0.15, -0.1) is 0 Å². The van der Waals surface area contributed by atoms with Crippen molar-refractivity contribution in [2.45, 2.75) is 6.18 Å². The first-order valence-electron chi connectivity index (χ1n) is 17.8. The Morgan fingerprint density at radius 3 is 1.59 bits per heavy atom. The van der Waals surface area contributed by atoms with Gasteiger partial charge < -0.3 is 9.13 Å². The minimum absolute atomic E-state index is 0.0390. The van der Waals surface area contributed by atoms with Gasteiger partial charge in [0, 0.05) is 63.0 Å². The van der Waals surface area contributed by atoms with E-state index in [0.717, 1.165) is 32.7 Å². The maximum atomic E-state index is 16.4. The summed E-state index contributed by atoms with van der Waals surface area (Å²) in [5, 5.41) is 12.9. The Labute approximate surface area is 317 Å². The van der Waals surface area contributed by atoms with Crippen LogP contribution >= 0.6 is 0 Å². The van der Waals surface area contributed by atoms with Gasteiger partial charge >= 0.3 is 6.18 Å². The van der Waals surface area contributed by atoms with Gasteiger partial charge in [0.1, 0.15) is 5.56 Å². The van der Waals surface area contributed by atoms with Gasteiger partial charge in [-0.05, 0) is 84.4 Å². The largest absolute Gasteiger partial charge is 0.420 e. The topological polar surface area (TPSA) is 85.2 Å². The third-order valence-corrected chi connectivity index (χ3v) is 10.2. The van der Waals surface area contributed by atoms with Gasteiger partial charge in [0.2, 0.25) is 0 Å². The number of hydrogen-bond donors (Lipinski definition) is 0. The van der Waals surface area contributed by atoms with Crippen LogP contribution in [0.25, 0.3) is 88.9 Å². The molecule has 6 aromatic carbocycles. The van der Waals surface area contributed by atoms with E-state index in [9.17, 15) is 5.26 Å². The van der Waals surface area contributed by atoms with Crippen molar-refractivity contribution in [1.82, 2.24) is 29.1 Å². The molecule has 0 N–H and O–H groups in total. The van der Waals surface area contributed by atoms with Crippen molar-refractivity contribution in [3.8, 4) is 51.3 Å². The van der Waals surface area contributed by atoms with Crippen LogP contribution in [0.2, 0.25) is 0 Å². The number of halogens is 3. The molecule has 0 saturated carbocycles. The van der Waals surface area contributed by atoms with Gasteiger partial charge in [-0.1, -0.05) is 54.6 Å². The van der Waals surface area contributed by atoms with Gasteiger partial charge in [-0.25, -0.2) is 19.9 Å². The zero-order valence-electron chi connectivity index (χ0n) is 29.3. The maximum absolute atomic E-state index is 16.4. The molecule has 0 radical (unpaired) electrons. The Morgan fingerprint density at radius 2 is 1.02 bits per heavy atom. The van der Waals surface area contributed by atoms with Crippen LogP contribution in [0.3, 0.4) is 0 Å². The number of nitriles is 1. The molecule has 10 rings (SSSR count). The van der Waals surface area contributed by atoms with Gasteiger partial charge in [-0.3, -0.25) is 0 Å². The third-order valence-electron chi connectivity index (χ3n) is 10.2. The number of aromatic nitrogens is 6. The van der Waals surface area contributed by atoms with E-state index in [2.05, 4.69) is 26.0 Å². The second kappa shape index (κ2) is 12.7. The molecule has 4 heterocycles. The van der Waals surface area contributed by atoms with E-state index in [1.54, 1.807) is 82.5 Å². The van der Waals surface area contributed by atoms with Crippen molar-refractivity contribution in [2.75, 3.05) is 0 Å². The lowest BCUT2D eigenvalue weighted by Gasteiger charge is -2.24. The summed E-state index contributed by atoms with van der Waals surface area (Å²) in [5.41, 5.74) is 4.05. The molecule has 10 heteroatoms. The number of para-hydroxylation sites is 2. The zero-order valence-corrected chi connectivity index (χ0v) is 29.3. The molecule has 0 aliphatic heterocycles. The first-order valence-corrected chi connectivity index (χ1v) is 17.8. The second-order valence-electron chi connectivity index (χ2n) is 13.4. The molecule has 0 bridgehead atoms. The SMILES string of the molecule is N#Cc1cccc(-c2ccc(-n3c4ccccc4c4cc(-c5ncccn5)ccc43)c(C(F)(F)F)c2-n2c3ccccc3c3cc(-c4ncccn4)ccc32)c1. The van der Waals surface area contributed by atoms with E-state index in [0.29, 0.717) is 50.4 Å². The molecule has 0 aliphatic carbocycles. The summed E-state index contributed by atoms with van der Waals surface area (Å²) in [6.45, 7) is 0. The van der Waals surface area contributed by atoms with Gasteiger partial charge in [0.05, 0.1) is 45.1 Å². The predicted molar refractivity (Wildman–Crippen MR) is 212 cm³/mol. The lowest BCUT2D eigenvalue weighted by molar-refractivity contribution is -0.137. The van der Waals surface area contributed by atoms with Crippen molar-refractivity contribution in [3.63, 3.8) is 0 Å². The summed E-state index contributed by atoms with van der Waals surface area (Å²) in [6.07, 6.45) is 1.78. The van der Waals surface area contributed by atoms with Crippen LogP contribution in [0.4, 0.5) is 13.2 Å². The Balaban J connectivity index is 1.35. The molecule has 0 atom stereocenters. The van der Waals surface area contributed by atoms with Crippen molar-refractivity contribution < 1.29 is 13.2 Å². The summed E-state index contributed by atoms with van der Waals surface area (Å²) in [4.78, 5) is 17.7. The Kier molecular flexibility index (Phi) is 7.50. The van der Waals surface area contributed by atoms with E-state index in [1.807, 2.05) is 84.9 Å². The van der Waals surface area contributed by atoms with Crippen LogP contribution in [-0.2, 0) is 6.18 Å². The fourth-order valence-corrected chi connectivity index (χ4v) is 7.89. The highest BCUT2D eigenvalue weighted by Crippen LogP contribution is 2.48. The summed E-state index contributed by atoms with van der Waals surface area (Å²) in [5.74, 6) is 1.02. The first kappa shape index (κ1) is 33.0. The smallest absolute Gasteiger partial charge is 0.309 e. The van der Waals surface area contributed by atoms with Crippen LogP contribution in [-0.4, -0.2) is 29.1 Å². The van der Waals surface area contributed by atoms with E-state index < -0.39 is 11.7 Å². The van der Waals surface area contributed by atoms with Crippen LogP contribution in [0.15, 0.2) is 158 Å². The average Bonchev–Trinajstić information content (AvgIpc) is 3.75. The van der Waals surface area contributed by atoms with Gasteiger partial charge in [0.15, 0.2) is 11.6 Å². The summed E-state index contributed by atoms with van der Waals surface area (Å²) >= 11 is 0. The van der Waals surface area contributed by atoms with Crippen molar-refractivity contribution >= 4 is 43.6 Å². The standard InChI is InChI=1S/C46H26F3N7/c47-46(48,49)42-41(55-37-12-3-1-10-33(37)35-25-30(14-17-39(35)55)44-51-20-6-21-52-44)19-16-32(29-9-5-8-28(24-29)27-50)43(42)56-38-13-4-2-11-34(38)36-26-31(15-18-40(36)56)45-53-22-7-23-54-45/h1-26H. The molecule has 56 heavy (non-hydrogen) atoms. The predicted octanol–water partition coefficient (Wildman–Crippen LogP) is 11.4. The van der Waals surface area contributed by atoms with Gasteiger partial charge in [-0.2, -0.15) is 18.4 Å². The molecule has 0 aliphatic rings. The lowest BCUT2D eigenvalue weighted by atomic mass is 9.96. The maximum Gasteiger partial charge on any atom is 0.420 e. The summed E-state index contributed by atoms with van der Waals surface area (Å²) < 4.78 is 52.6. The van der Waals surface area contributed by atoms with E-state index >= 15 is 13.2 Å². The van der Waals surface area contributed by atoms with Crippen LogP contribution in [0.5, 0.6) is 0 Å². The average molecular weight is 734 g/mol. The number of nitrogens with zero attached hydrogens (tertiary/aromatic N) is 7. The fourth-order valence-electron chi connectivity index (χ4n) is 7.89. The van der Waals surface area contributed by atoms with E-state index in [-0.39, 0.29) is 11.4 Å². The molecular weight excluding hydrogens is 708 g/mol. The molecule has 0 unspecified atom stereocenters. The first-order chi connectivity index (χ1) is 27.4. The quantitative estimate of drug-likeness (QED) is 0.176. The highest BCUT2D eigenvalue weighted by atomic mass is 19.4. The number of alkyl halides is 3. The Bertz CT molecular complexity index is 3200. The number of hydrogen-bond acceptors (Lipinski definition) is 5. The van der Waals surface area contributed by atoms with Crippen LogP contribution < -0.4 is 0 Å². The zero-order chi connectivity index (χ0) is 38.0.